The lowest BCUT2D eigenvalue weighted by Crippen LogP contribution is -2.40. The van der Waals surface area contributed by atoms with Gasteiger partial charge in [-0.2, -0.15) is 0 Å². The average molecular weight is 375 g/mol. The highest BCUT2D eigenvalue weighted by Gasteiger charge is 2.33. The van der Waals surface area contributed by atoms with Crippen LogP contribution in [0.15, 0.2) is 58.6 Å². The number of thiophene rings is 1. The number of benzene rings is 1. The highest BCUT2D eigenvalue weighted by molar-refractivity contribution is 7.10. The molecule has 1 atom stereocenters. The van der Waals surface area contributed by atoms with Crippen molar-refractivity contribution < 1.29 is 9.32 Å². The van der Waals surface area contributed by atoms with Crippen LogP contribution in [0.1, 0.15) is 38.1 Å². The van der Waals surface area contributed by atoms with Gasteiger partial charge in [-0.05, 0) is 42.0 Å². The van der Waals surface area contributed by atoms with Crippen LogP contribution in [0.2, 0.25) is 0 Å². The van der Waals surface area contributed by atoms with E-state index in [0.29, 0.717) is 17.8 Å². The number of hydrogen-bond acceptors (Lipinski definition) is 5. The molecular formula is C21H17N3O2S. The van der Waals surface area contributed by atoms with Crippen molar-refractivity contribution in [2.45, 2.75) is 19.4 Å². The van der Waals surface area contributed by atoms with Gasteiger partial charge in [0, 0.05) is 17.6 Å². The molecule has 134 valence electrons. The van der Waals surface area contributed by atoms with Crippen molar-refractivity contribution in [2.24, 2.45) is 0 Å². The molecule has 0 fully saturated rings. The molecule has 0 spiro atoms. The summed E-state index contributed by atoms with van der Waals surface area (Å²) in [5.74, 6) is -0.0179. The maximum absolute atomic E-state index is 13.4. The van der Waals surface area contributed by atoms with Gasteiger partial charge in [-0.25, -0.2) is 4.98 Å². The standard InChI is InChI=1S/C21H17N3O2S/c1-13-17-11-15(12-22-20(17)26-23-13)21(25)24-9-7-18-16(8-10-27-18)19(24)14-5-3-2-4-6-14/h2-6,8,10-12,19H,7,9H2,1H3/t19-/m1/s1. The summed E-state index contributed by atoms with van der Waals surface area (Å²) < 4.78 is 5.17. The van der Waals surface area contributed by atoms with E-state index >= 15 is 0 Å². The van der Waals surface area contributed by atoms with Crippen LogP contribution in [0.4, 0.5) is 0 Å². The highest BCUT2D eigenvalue weighted by Crippen LogP contribution is 2.38. The third-order valence-corrected chi connectivity index (χ3v) is 6.10. The van der Waals surface area contributed by atoms with E-state index in [1.807, 2.05) is 36.1 Å². The van der Waals surface area contributed by atoms with Gasteiger partial charge in [0.1, 0.15) is 0 Å². The lowest BCUT2D eigenvalue weighted by Gasteiger charge is -2.36. The second kappa shape index (κ2) is 6.32. The monoisotopic (exact) mass is 375 g/mol. The molecule has 6 heteroatoms. The van der Waals surface area contributed by atoms with E-state index in [1.54, 1.807) is 17.5 Å². The summed E-state index contributed by atoms with van der Waals surface area (Å²) in [5, 5.41) is 6.83. The Labute approximate surface area is 160 Å². The normalized spacial score (nSPS) is 16.5. The summed E-state index contributed by atoms with van der Waals surface area (Å²) in [6, 6.07) is 14.1. The predicted molar refractivity (Wildman–Crippen MR) is 104 cm³/mol. The molecule has 0 aliphatic carbocycles. The lowest BCUT2D eigenvalue weighted by molar-refractivity contribution is 0.0696. The number of nitrogens with zero attached hydrogens (tertiary/aromatic N) is 3. The second-order valence-corrected chi connectivity index (χ2v) is 7.71. The van der Waals surface area contributed by atoms with Crippen molar-refractivity contribution in [3.63, 3.8) is 0 Å². The van der Waals surface area contributed by atoms with Gasteiger partial charge in [0.05, 0.1) is 22.7 Å². The van der Waals surface area contributed by atoms with Crippen LogP contribution in [0.3, 0.4) is 0 Å². The van der Waals surface area contributed by atoms with Crippen molar-refractivity contribution >= 4 is 28.3 Å². The fourth-order valence-electron chi connectivity index (χ4n) is 3.76. The van der Waals surface area contributed by atoms with Crippen molar-refractivity contribution in [2.75, 3.05) is 6.54 Å². The third-order valence-electron chi connectivity index (χ3n) is 5.10. The Morgan fingerprint density at radius 1 is 1.26 bits per heavy atom. The first-order valence-corrected chi connectivity index (χ1v) is 9.74. The molecule has 0 radical (unpaired) electrons. The maximum Gasteiger partial charge on any atom is 0.257 e. The molecule has 0 unspecified atom stereocenters. The Bertz CT molecular complexity index is 1130. The molecule has 1 aliphatic rings. The summed E-state index contributed by atoms with van der Waals surface area (Å²) in [6.07, 6.45) is 2.46. The average Bonchev–Trinajstić information content (AvgIpc) is 3.34. The number of aryl methyl sites for hydroxylation is 1. The quantitative estimate of drug-likeness (QED) is 0.522. The van der Waals surface area contributed by atoms with Crippen LogP contribution in [0.5, 0.6) is 0 Å². The smallest absolute Gasteiger partial charge is 0.257 e. The molecule has 0 saturated heterocycles. The largest absolute Gasteiger partial charge is 0.336 e. The first kappa shape index (κ1) is 16.2. The molecule has 5 rings (SSSR count). The summed E-state index contributed by atoms with van der Waals surface area (Å²) >= 11 is 1.77. The SMILES string of the molecule is Cc1noc2ncc(C(=O)N3CCc4sccc4[C@H]3c3ccccc3)cc12. The van der Waals surface area contributed by atoms with Crippen molar-refractivity contribution in [1.29, 1.82) is 0 Å². The topological polar surface area (TPSA) is 59.2 Å². The Hall–Kier alpha value is -2.99. The van der Waals surface area contributed by atoms with Gasteiger partial charge in [0.2, 0.25) is 0 Å². The Morgan fingerprint density at radius 2 is 2.11 bits per heavy atom. The molecule has 0 bridgehead atoms. The number of carbonyl (C=O) groups excluding carboxylic acids is 1. The van der Waals surface area contributed by atoms with E-state index in [-0.39, 0.29) is 11.9 Å². The van der Waals surface area contributed by atoms with Crippen LogP contribution in [0, 0.1) is 6.92 Å². The van der Waals surface area contributed by atoms with Crippen molar-refractivity contribution in [1.82, 2.24) is 15.0 Å². The molecule has 1 aromatic carbocycles. The molecule has 1 aliphatic heterocycles. The van der Waals surface area contributed by atoms with Crippen LogP contribution < -0.4 is 0 Å². The third kappa shape index (κ3) is 2.64. The van der Waals surface area contributed by atoms with Gasteiger partial charge in [-0.15, -0.1) is 11.3 Å². The Kier molecular flexibility index (Phi) is 3.79. The van der Waals surface area contributed by atoms with Crippen molar-refractivity contribution in [3.8, 4) is 0 Å². The minimum absolute atomic E-state index is 0.0179. The van der Waals surface area contributed by atoms with Crippen LogP contribution >= 0.6 is 11.3 Å². The summed E-state index contributed by atoms with van der Waals surface area (Å²) in [6.45, 7) is 2.54. The molecule has 1 amide bonds. The minimum atomic E-state index is -0.0760. The van der Waals surface area contributed by atoms with E-state index in [1.165, 1.54) is 10.4 Å². The van der Waals surface area contributed by atoms with Crippen LogP contribution in [-0.2, 0) is 6.42 Å². The predicted octanol–water partition coefficient (Wildman–Crippen LogP) is 4.38. The van der Waals surface area contributed by atoms with E-state index in [4.69, 9.17) is 4.52 Å². The molecule has 4 aromatic rings. The number of amides is 1. The number of hydrogen-bond donors (Lipinski definition) is 0. The maximum atomic E-state index is 13.4. The molecule has 4 heterocycles. The van der Waals surface area contributed by atoms with E-state index in [0.717, 1.165) is 23.1 Å². The summed E-state index contributed by atoms with van der Waals surface area (Å²) in [7, 11) is 0. The molecule has 5 nitrogen and oxygen atoms in total. The van der Waals surface area contributed by atoms with E-state index < -0.39 is 0 Å². The molecule has 27 heavy (non-hydrogen) atoms. The Balaban J connectivity index is 1.59. The zero-order valence-corrected chi connectivity index (χ0v) is 15.6. The van der Waals surface area contributed by atoms with Gasteiger partial charge in [0.25, 0.3) is 11.6 Å². The number of fused-ring (bicyclic) bond motifs is 2. The minimum Gasteiger partial charge on any atom is -0.336 e. The number of carbonyl (C=O) groups is 1. The lowest BCUT2D eigenvalue weighted by atomic mass is 9.92. The van der Waals surface area contributed by atoms with Crippen LogP contribution in [0.25, 0.3) is 11.1 Å². The second-order valence-electron chi connectivity index (χ2n) is 6.71. The number of aromatic nitrogens is 2. The molecule has 0 N–H and O–H groups in total. The van der Waals surface area contributed by atoms with Gasteiger partial charge in [-0.3, -0.25) is 4.79 Å². The highest BCUT2D eigenvalue weighted by atomic mass is 32.1. The number of pyridine rings is 1. The van der Waals surface area contributed by atoms with Gasteiger partial charge >= 0.3 is 0 Å². The van der Waals surface area contributed by atoms with E-state index in [2.05, 4.69) is 33.7 Å². The summed E-state index contributed by atoms with van der Waals surface area (Å²) in [5.41, 5.74) is 4.11. The van der Waals surface area contributed by atoms with Crippen molar-refractivity contribution in [3.05, 3.63) is 81.3 Å². The Morgan fingerprint density at radius 3 is 2.96 bits per heavy atom. The zero-order valence-electron chi connectivity index (χ0n) is 14.8. The van der Waals surface area contributed by atoms with Gasteiger partial charge < -0.3 is 9.42 Å². The first-order valence-electron chi connectivity index (χ1n) is 8.86. The van der Waals surface area contributed by atoms with E-state index in [9.17, 15) is 4.79 Å². The van der Waals surface area contributed by atoms with Gasteiger partial charge in [0.15, 0.2) is 0 Å². The first-order chi connectivity index (χ1) is 13.2. The summed E-state index contributed by atoms with van der Waals surface area (Å²) in [4.78, 5) is 21.0. The fraction of sp³-hybridized carbons (Fsp3) is 0.190. The van der Waals surface area contributed by atoms with Gasteiger partial charge in [-0.1, -0.05) is 35.5 Å². The molecule has 0 saturated carbocycles. The molecule has 3 aromatic heterocycles. The van der Waals surface area contributed by atoms with Crippen LogP contribution in [-0.4, -0.2) is 27.5 Å². The fourth-order valence-corrected chi connectivity index (χ4v) is 4.66. The number of rotatable bonds is 2. The molecular weight excluding hydrogens is 358 g/mol. The zero-order chi connectivity index (χ0) is 18.4.